The highest BCUT2D eigenvalue weighted by Crippen LogP contribution is 2.30. The van der Waals surface area contributed by atoms with E-state index in [9.17, 15) is 8.42 Å². The van der Waals surface area contributed by atoms with E-state index >= 15 is 0 Å². The standard InChI is InChI=1S/C19H20N2O2S/c1-13-8-14(2)10-17(9-13)24(22,23)21-12-16-6-7-20-11-15-4-3-5-18(21)19(15)16/h3-5,8-10,12,20H,6-7,11H2,1-2H3. The summed E-state index contributed by atoms with van der Waals surface area (Å²) in [5.74, 6) is 0. The molecule has 4 rings (SSSR count). The highest BCUT2D eigenvalue weighted by atomic mass is 32.2. The van der Waals surface area contributed by atoms with Gasteiger partial charge in [0.2, 0.25) is 0 Å². The van der Waals surface area contributed by atoms with Gasteiger partial charge in [-0.15, -0.1) is 0 Å². The summed E-state index contributed by atoms with van der Waals surface area (Å²) in [6, 6.07) is 11.4. The van der Waals surface area contributed by atoms with Crippen LogP contribution in [0.2, 0.25) is 0 Å². The van der Waals surface area contributed by atoms with E-state index in [1.54, 1.807) is 18.3 Å². The molecule has 24 heavy (non-hydrogen) atoms. The predicted octanol–water partition coefficient (Wildman–Crippen LogP) is 3.14. The molecule has 124 valence electrons. The molecule has 2 aromatic carbocycles. The number of hydrogen-bond acceptors (Lipinski definition) is 3. The number of nitrogens with zero attached hydrogens (tertiary/aromatic N) is 1. The topological polar surface area (TPSA) is 51.1 Å². The van der Waals surface area contributed by atoms with Crippen LogP contribution < -0.4 is 5.32 Å². The van der Waals surface area contributed by atoms with Crippen molar-refractivity contribution in [2.45, 2.75) is 31.7 Å². The highest BCUT2D eigenvalue weighted by Gasteiger charge is 2.23. The average molecular weight is 340 g/mol. The average Bonchev–Trinajstić information content (AvgIpc) is 2.78. The number of nitrogens with one attached hydrogen (secondary N) is 1. The Balaban J connectivity index is 2.00. The summed E-state index contributed by atoms with van der Waals surface area (Å²) in [5, 5.41) is 4.47. The maximum atomic E-state index is 13.2. The van der Waals surface area contributed by atoms with Crippen molar-refractivity contribution in [2.75, 3.05) is 6.54 Å². The lowest BCUT2D eigenvalue weighted by Gasteiger charge is -2.10. The first-order valence-corrected chi connectivity index (χ1v) is 9.57. The van der Waals surface area contributed by atoms with Gasteiger partial charge in [0.1, 0.15) is 0 Å². The summed E-state index contributed by atoms with van der Waals surface area (Å²) >= 11 is 0. The Morgan fingerprint density at radius 3 is 2.54 bits per heavy atom. The minimum atomic E-state index is -3.60. The molecule has 1 aliphatic rings. The van der Waals surface area contributed by atoms with Gasteiger partial charge in [-0.05, 0) is 67.3 Å². The van der Waals surface area contributed by atoms with Crippen molar-refractivity contribution >= 4 is 20.9 Å². The SMILES string of the molecule is Cc1cc(C)cc(S(=O)(=O)n2cc3c4c(cccc42)CNCC3)c1. The first-order chi connectivity index (χ1) is 11.5. The van der Waals surface area contributed by atoms with Crippen molar-refractivity contribution < 1.29 is 8.42 Å². The molecule has 0 saturated heterocycles. The monoisotopic (exact) mass is 340 g/mol. The van der Waals surface area contributed by atoms with Crippen LogP contribution in [0.25, 0.3) is 10.9 Å². The van der Waals surface area contributed by atoms with Gasteiger partial charge in [0, 0.05) is 18.1 Å². The van der Waals surface area contributed by atoms with Crippen LogP contribution in [0.4, 0.5) is 0 Å². The van der Waals surface area contributed by atoms with Crippen LogP contribution in [0.3, 0.4) is 0 Å². The third-order valence-corrected chi connectivity index (χ3v) is 6.25. The third-order valence-electron chi connectivity index (χ3n) is 4.60. The quantitative estimate of drug-likeness (QED) is 0.780. The molecule has 2 heterocycles. The highest BCUT2D eigenvalue weighted by molar-refractivity contribution is 7.90. The van der Waals surface area contributed by atoms with Crippen LogP contribution in [0, 0.1) is 13.8 Å². The van der Waals surface area contributed by atoms with Gasteiger partial charge in [0.05, 0.1) is 10.4 Å². The molecule has 3 aromatic rings. The molecule has 0 aliphatic carbocycles. The van der Waals surface area contributed by atoms with Crippen LogP contribution in [0.15, 0.2) is 47.5 Å². The van der Waals surface area contributed by atoms with E-state index in [-0.39, 0.29) is 0 Å². The molecular formula is C19H20N2O2S. The molecule has 1 aliphatic heterocycles. The molecule has 5 heteroatoms. The Labute approximate surface area is 142 Å². The molecule has 0 fully saturated rings. The predicted molar refractivity (Wildman–Crippen MR) is 95.8 cm³/mol. The fraction of sp³-hybridized carbons (Fsp3) is 0.263. The summed E-state index contributed by atoms with van der Waals surface area (Å²) in [5.41, 5.74) is 4.94. The second-order valence-electron chi connectivity index (χ2n) is 6.52. The van der Waals surface area contributed by atoms with Crippen molar-refractivity contribution in [1.82, 2.24) is 9.29 Å². The Hall–Kier alpha value is -2.11. The van der Waals surface area contributed by atoms with E-state index in [0.29, 0.717) is 4.90 Å². The number of aromatic nitrogens is 1. The molecule has 0 bridgehead atoms. The van der Waals surface area contributed by atoms with E-state index in [1.807, 2.05) is 32.0 Å². The lowest BCUT2D eigenvalue weighted by atomic mass is 10.1. The van der Waals surface area contributed by atoms with Crippen molar-refractivity contribution in [2.24, 2.45) is 0 Å². The zero-order valence-electron chi connectivity index (χ0n) is 13.8. The number of benzene rings is 2. The van der Waals surface area contributed by atoms with E-state index in [1.165, 1.54) is 3.97 Å². The molecule has 0 unspecified atom stereocenters. The summed E-state index contributed by atoms with van der Waals surface area (Å²) in [4.78, 5) is 0.351. The second kappa shape index (κ2) is 5.46. The van der Waals surface area contributed by atoms with Crippen LogP contribution in [-0.2, 0) is 23.0 Å². The third kappa shape index (κ3) is 2.36. The summed E-state index contributed by atoms with van der Waals surface area (Å²) in [6.07, 6.45) is 2.64. The summed E-state index contributed by atoms with van der Waals surface area (Å²) in [6.45, 7) is 5.48. The van der Waals surface area contributed by atoms with Gasteiger partial charge in [-0.1, -0.05) is 18.2 Å². The minimum Gasteiger partial charge on any atom is -0.312 e. The molecule has 4 nitrogen and oxygen atoms in total. The molecule has 0 saturated carbocycles. The number of rotatable bonds is 2. The minimum absolute atomic E-state index is 0.351. The Morgan fingerprint density at radius 2 is 1.79 bits per heavy atom. The molecule has 0 atom stereocenters. The molecule has 0 amide bonds. The maximum absolute atomic E-state index is 13.2. The van der Waals surface area contributed by atoms with Crippen LogP contribution in [0.5, 0.6) is 0 Å². The van der Waals surface area contributed by atoms with Crippen LogP contribution in [0.1, 0.15) is 22.3 Å². The zero-order chi connectivity index (χ0) is 16.9. The van der Waals surface area contributed by atoms with Gasteiger partial charge in [0.25, 0.3) is 10.0 Å². The normalized spacial score (nSPS) is 14.8. The smallest absolute Gasteiger partial charge is 0.268 e. The van der Waals surface area contributed by atoms with Crippen molar-refractivity contribution in [3.05, 3.63) is 64.8 Å². The number of aryl methyl sites for hydroxylation is 2. The number of hydrogen-bond donors (Lipinski definition) is 1. The Kier molecular flexibility index (Phi) is 3.51. The van der Waals surface area contributed by atoms with Crippen molar-refractivity contribution in [3.63, 3.8) is 0 Å². The van der Waals surface area contributed by atoms with Crippen molar-refractivity contribution in [1.29, 1.82) is 0 Å². The summed E-state index contributed by atoms with van der Waals surface area (Å²) in [7, 11) is -3.60. The molecule has 1 aromatic heterocycles. The van der Waals surface area contributed by atoms with E-state index in [0.717, 1.165) is 52.7 Å². The zero-order valence-corrected chi connectivity index (χ0v) is 14.7. The molecule has 0 spiro atoms. The Morgan fingerprint density at radius 1 is 1.04 bits per heavy atom. The van der Waals surface area contributed by atoms with Gasteiger partial charge in [-0.25, -0.2) is 12.4 Å². The lowest BCUT2D eigenvalue weighted by molar-refractivity contribution is 0.588. The van der Waals surface area contributed by atoms with Crippen LogP contribution >= 0.6 is 0 Å². The second-order valence-corrected chi connectivity index (χ2v) is 8.33. The summed E-state index contributed by atoms with van der Waals surface area (Å²) < 4.78 is 28.0. The first-order valence-electron chi connectivity index (χ1n) is 8.13. The fourth-order valence-corrected chi connectivity index (χ4v) is 5.17. The van der Waals surface area contributed by atoms with Gasteiger partial charge in [-0.2, -0.15) is 0 Å². The first kappa shape index (κ1) is 15.4. The molecule has 1 N–H and O–H groups in total. The fourth-order valence-electron chi connectivity index (χ4n) is 3.59. The van der Waals surface area contributed by atoms with Gasteiger partial charge < -0.3 is 5.32 Å². The molecular weight excluding hydrogens is 320 g/mol. The largest absolute Gasteiger partial charge is 0.312 e. The van der Waals surface area contributed by atoms with E-state index in [4.69, 9.17) is 0 Å². The maximum Gasteiger partial charge on any atom is 0.268 e. The van der Waals surface area contributed by atoms with E-state index in [2.05, 4.69) is 11.4 Å². The molecule has 0 radical (unpaired) electrons. The van der Waals surface area contributed by atoms with Crippen LogP contribution in [-0.4, -0.2) is 18.9 Å². The van der Waals surface area contributed by atoms with Gasteiger partial charge >= 0.3 is 0 Å². The van der Waals surface area contributed by atoms with Gasteiger partial charge in [0.15, 0.2) is 0 Å². The Bertz CT molecular complexity index is 1030. The lowest BCUT2D eigenvalue weighted by Crippen LogP contribution is -2.15. The van der Waals surface area contributed by atoms with Crippen molar-refractivity contribution in [3.8, 4) is 0 Å². The van der Waals surface area contributed by atoms with E-state index < -0.39 is 10.0 Å². The van der Waals surface area contributed by atoms with Gasteiger partial charge in [-0.3, -0.25) is 0 Å².